The van der Waals surface area contributed by atoms with E-state index in [1.165, 1.54) is 28.8 Å². The molecule has 0 aliphatic carbocycles. The van der Waals surface area contributed by atoms with Crippen LogP contribution < -0.4 is 4.90 Å². The first-order chi connectivity index (χ1) is 17.6. The molecule has 0 spiro atoms. The van der Waals surface area contributed by atoms with Crippen LogP contribution in [0.4, 0.5) is 18.9 Å². The lowest BCUT2D eigenvalue weighted by molar-refractivity contribution is -0.141. The van der Waals surface area contributed by atoms with Gasteiger partial charge in [0.15, 0.2) is 0 Å². The normalized spacial score (nSPS) is 19.8. The lowest BCUT2D eigenvalue weighted by Gasteiger charge is -2.39. The van der Waals surface area contributed by atoms with E-state index in [1.807, 2.05) is 4.90 Å². The van der Waals surface area contributed by atoms with Crippen molar-refractivity contribution < 1.29 is 26.4 Å². The molecule has 4 heterocycles. The van der Waals surface area contributed by atoms with Crippen molar-refractivity contribution in [2.24, 2.45) is 5.92 Å². The predicted octanol–water partition coefficient (Wildman–Crippen LogP) is 3.40. The van der Waals surface area contributed by atoms with Gasteiger partial charge in [-0.15, -0.1) is 0 Å². The predicted molar refractivity (Wildman–Crippen MR) is 131 cm³/mol. The SMILES string of the molecule is O=C(C1CCCN(S(=O)(=O)c2ccncc2)C1)N1CCN(c2cc(C(F)(F)F)nc3ccccc23)CC1. The van der Waals surface area contributed by atoms with Crippen molar-refractivity contribution in [3.63, 3.8) is 0 Å². The Balaban J connectivity index is 1.29. The summed E-state index contributed by atoms with van der Waals surface area (Å²) in [5.74, 6) is -0.583. The molecule has 0 N–H and O–H groups in total. The zero-order valence-corrected chi connectivity index (χ0v) is 20.7. The molecule has 8 nitrogen and oxygen atoms in total. The Morgan fingerprint density at radius 1 is 0.973 bits per heavy atom. The third-order valence-corrected chi connectivity index (χ3v) is 8.82. The number of aromatic nitrogens is 2. The second kappa shape index (κ2) is 9.90. The molecule has 2 aliphatic heterocycles. The third-order valence-electron chi connectivity index (χ3n) is 6.94. The molecule has 0 bridgehead atoms. The Hall–Kier alpha value is -3.25. The average molecular weight is 534 g/mol. The number of piperidine rings is 1. The number of pyridine rings is 2. The molecule has 1 unspecified atom stereocenters. The number of alkyl halides is 3. The second-order valence-electron chi connectivity index (χ2n) is 9.24. The maximum atomic E-state index is 13.5. The summed E-state index contributed by atoms with van der Waals surface area (Å²) in [6.07, 6.45) is -0.569. The number of fused-ring (bicyclic) bond motifs is 1. The zero-order valence-electron chi connectivity index (χ0n) is 19.9. The Bertz CT molecular complexity index is 1390. The van der Waals surface area contributed by atoms with E-state index in [1.54, 1.807) is 29.2 Å². The summed E-state index contributed by atoms with van der Waals surface area (Å²) < 4.78 is 67.8. The van der Waals surface area contributed by atoms with Crippen molar-refractivity contribution in [3.05, 3.63) is 60.6 Å². The number of nitrogens with zero attached hydrogens (tertiary/aromatic N) is 5. The molecule has 0 radical (unpaired) electrons. The number of hydrogen-bond acceptors (Lipinski definition) is 6. The first-order valence-corrected chi connectivity index (χ1v) is 13.5. The van der Waals surface area contributed by atoms with Gasteiger partial charge >= 0.3 is 6.18 Å². The molecule has 5 rings (SSSR count). The monoisotopic (exact) mass is 533 g/mol. The molecule has 2 aliphatic rings. The Morgan fingerprint density at radius 3 is 2.38 bits per heavy atom. The number of piperazine rings is 1. The summed E-state index contributed by atoms with van der Waals surface area (Å²) in [6.45, 7) is 1.85. The summed E-state index contributed by atoms with van der Waals surface area (Å²) >= 11 is 0. The number of rotatable bonds is 4. The lowest BCUT2D eigenvalue weighted by Crippen LogP contribution is -2.53. The van der Waals surface area contributed by atoms with Crippen LogP contribution in [0.15, 0.2) is 59.8 Å². The average Bonchev–Trinajstić information content (AvgIpc) is 2.92. The van der Waals surface area contributed by atoms with Crippen LogP contribution in [0.1, 0.15) is 18.5 Å². The van der Waals surface area contributed by atoms with Gasteiger partial charge in [-0.25, -0.2) is 13.4 Å². The van der Waals surface area contributed by atoms with E-state index in [9.17, 15) is 26.4 Å². The molecule has 196 valence electrons. The van der Waals surface area contributed by atoms with Gasteiger partial charge in [-0.2, -0.15) is 17.5 Å². The van der Waals surface area contributed by atoms with Crippen molar-refractivity contribution >= 4 is 32.5 Å². The van der Waals surface area contributed by atoms with Crippen molar-refractivity contribution in [3.8, 4) is 0 Å². The molecular formula is C25H26F3N5O3S. The summed E-state index contributed by atoms with van der Waals surface area (Å²) in [7, 11) is -3.72. The van der Waals surface area contributed by atoms with Gasteiger partial charge in [0.2, 0.25) is 15.9 Å². The summed E-state index contributed by atoms with van der Waals surface area (Å²) in [4.78, 5) is 24.7. The Morgan fingerprint density at radius 2 is 1.68 bits per heavy atom. The van der Waals surface area contributed by atoms with E-state index in [0.29, 0.717) is 56.6 Å². The maximum Gasteiger partial charge on any atom is 0.433 e. The van der Waals surface area contributed by atoms with Gasteiger partial charge in [-0.05, 0) is 37.1 Å². The number of sulfonamides is 1. The smallest absolute Gasteiger partial charge is 0.367 e. The quantitative estimate of drug-likeness (QED) is 0.511. The topological polar surface area (TPSA) is 86.7 Å². The summed E-state index contributed by atoms with van der Waals surface area (Å²) in [5.41, 5.74) is -0.238. The minimum absolute atomic E-state index is 0.105. The standard InChI is InChI=1S/C25H26F3N5O3S/c26-25(27,28)23-16-22(20-5-1-2-6-21(20)30-23)31-12-14-32(15-13-31)24(34)18-4-3-11-33(17-18)37(35,36)19-7-9-29-10-8-19/h1-2,5-10,16,18H,3-4,11-15,17H2. The van der Waals surface area contributed by atoms with Gasteiger partial charge in [-0.1, -0.05) is 18.2 Å². The lowest BCUT2D eigenvalue weighted by atomic mass is 9.97. The molecule has 0 saturated carbocycles. The number of benzene rings is 1. The van der Waals surface area contributed by atoms with Crippen LogP contribution in [0.5, 0.6) is 0 Å². The number of amides is 1. The molecule has 37 heavy (non-hydrogen) atoms. The number of anilines is 1. The number of halogens is 3. The van der Waals surface area contributed by atoms with Gasteiger partial charge in [0, 0.05) is 62.7 Å². The number of para-hydroxylation sites is 1. The van der Waals surface area contributed by atoms with Crippen LogP contribution in [-0.4, -0.2) is 72.8 Å². The second-order valence-corrected chi connectivity index (χ2v) is 11.2. The largest absolute Gasteiger partial charge is 0.433 e. The molecule has 1 aromatic carbocycles. The molecule has 1 amide bonds. The fourth-order valence-electron chi connectivity index (χ4n) is 5.01. The first kappa shape index (κ1) is 25.4. The number of carbonyl (C=O) groups excluding carboxylic acids is 1. The van der Waals surface area contributed by atoms with Crippen molar-refractivity contribution in [1.82, 2.24) is 19.2 Å². The summed E-state index contributed by atoms with van der Waals surface area (Å²) in [6, 6.07) is 10.7. The third kappa shape index (κ3) is 5.12. The Kier molecular flexibility index (Phi) is 6.80. The van der Waals surface area contributed by atoms with E-state index in [2.05, 4.69) is 9.97 Å². The fourth-order valence-corrected chi connectivity index (χ4v) is 6.52. The zero-order chi connectivity index (χ0) is 26.2. The molecule has 2 aromatic heterocycles. The van der Waals surface area contributed by atoms with E-state index in [0.717, 1.165) is 6.07 Å². The molecule has 3 aromatic rings. The van der Waals surface area contributed by atoms with Crippen LogP contribution in [0.2, 0.25) is 0 Å². The van der Waals surface area contributed by atoms with Crippen LogP contribution in [0.25, 0.3) is 10.9 Å². The van der Waals surface area contributed by atoms with Crippen molar-refractivity contribution in [2.75, 3.05) is 44.2 Å². The van der Waals surface area contributed by atoms with E-state index >= 15 is 0 Å². The van der Waals surface area contributed by atoms with Crippen LogP contribution >= 0.6 is 0 Å². The van der Waals surface area contributed by atoms with Crippen molar-refractivity contribution in [1.29, 1.82) is 0 Å². The van der Waals surface area contributed by atoms with Gasteiger partial charge in [0.25, 0.3) is 0 Å². The van der Waals surface area contributed by atoms with Gasteiger partial charge in [0.1, 0.15) is 5.69 Å². The maximum absolute atomic E-state index is 13.5. The van der Waals surface area contributed by atoms with Gasteiger partial charge in [0.05, 0.1) is 16.3 Å². The molecular weight excluding hydrogens is 507 g/mol. The minimum Gasteiger partial charge on any atom is -0.367 e. The van der Waals surface area contributed by atoms with Gasteiger partial charge in [-0.3, -0.25) is 9.78 Å². The van der Waals surface area contributed by atoms with Gasteiger partial charge < -0.3 is 9.80 Å². The van der Waals surface area contributed by atoms with Crippen LogP contribution in [0, 0.1) is 5.92 Å². The number of hydrogen-bond donors (Lipinski definition) is 0. The fraction of sp³-hybridized carbons (Fsp3) is 0.400. The van der Waals surface area contributed by atoms with E-state index < -0.39 is 27.8 Å². The molecule has 12 heteroatoms. The highest BCUT2D eigenvalue weighted by atomic mass is 32.2. The van der Waals surface area contributed by atoms with Crippen LogP contribution in [-0.2, 0) is 21.0 Å². The van der Waals surface area contributed by atoms with E-state index in [4.69, 9.17) is 0 Å². The highest BCUT2D eigenvalue weighted by Crippen LogP contribution is 2.35. The molecule has 2 fully saturated rings. The number of carbonyl (C=O) groups is 1. The van der Waals surface area contributed by atoms with Crippen LogP contribution in [0.3, 0.4) is 0 Å². The Labute approximate surface area is 212 Å². The first-order valence-electron chi connectivity index (χ1n) is 12.1. The minimum atomic E-state index is -4.57. The van der Waals surface area contributed by atoms with Crippen molar-refractivity contribution in [2.45, 2.75) is 23.9 Å². The highest BCUT2D eigenvalue weighted by Gasteiger charge is 2.37. The summed E-state index contributed by atoms with van der Waals surface area (Å²) in [5, 5.41) is 0.625. The molecule has 2 saturated heterocycles. The van der Waals surface area contributed by atoms with E-state index in [-0.39, 0.29) is 22.9 Å². The highest BCUT2D eigenvalue weighted by molar-refractivity contribution is 7.89. The molecule has 1 atom stereocenters.